The average molecular weight is 237 g/mol. The van der Waals surface area contributed by atoms with Gasteiger partial charge in [0.2, 0.25) is 5.91 Å². The zero-order valence-corrected chi connectivity index (χ0v) is 9.96. The van der Waals surface area contributed by atoms with Crippen LogP contribution in [-0.2, 0) is 11.3 Å². The van der Waals surface area contributed by atoms with Crippen molar-refractivity contribution < 1.29 is 9.90 Å². The number of aliphatic hydroxyl groups is 1. The Bertz CT molecular complexity index is 351. The van der Waals surface area contributed by atoms with Gasteiger partial charge in [0.1, 0.15) is 0 Å². The maximum Gasteiger partial charge on any atom is 0.223 e. The lowest BCUT2D eigenvalue weighted by molar-refractivity contribution is -0.127. The average Bonchev–Trinajstić information content (AvgIpc) is 2.94. The number of hydrogen-bond donors (Lipinski definition) is 1. The van der Waals surface area contributed by atoms with Crippen molar-refractivity contribution in [1.29, 1.82) is 0 Å². The summed E-state index contributed by atoms with van der Waals surface area (Å²) in [5, 5.41) is 9.01. The van der Waals surface area contributed by atoms with Gasteiger partial charge in [-0.1, -0.05) is 0 Å². The molecule has 17 heavy (non-hydrogen) atoms. The second-order valence-corrected chi connectivity index (χ2v) is 4.60. The van der Waals surface area contributed by atoms with E-state index in [-0.39, 0.29) is 18.4 Å². The summed E-state index contributed by atoms with van der Waals surface area (Å²) in [6, 6.07) is 0. The van der Waals surface area contributed by atoms with Crippen molar-refractivity contribution in [2.45, 2.75) is 25.8 Å². The number of hydrogen-bond acceptors (Lipinski definition) is 3. The van der Waals surface area contributed by atoms with Crippen molar-refractivity contribution in [3.8, 4) is 0 Å². The Morgan fingerprint density at radius 1 is 1.41 bits per heavy atom. The van der Waals surface area contributed by atoms with E-state index in [0.717, 1.165) is 32.5 Å². The molecule has 0 aliphatic carbocycles. The van der Waals surface area contributed by atoms with Crippen molar-refractivity contribution in [2.75, 3.05) is 19.7 Å². The fourth-order valence-electron chi connectivity index (χ4n) is 2.21. The summed E-state index contributed by atoms with van der Waals surface area (Å²) in [5.74, 6) is 0.336. The second-order valence-electron chi connectivity index (χ2n) is 4.60. The highest BCUT2D eigenvalue weighted by molar-refractivity contribution is 5.78. The fraction of sp³-hybridized carbons (Fsp3) is 0.667. The van der Waals surface area contributed by atoms with Gasteiger partial charge in [-0.15, -0.1) is 0 Å². The zero-order valence-electron chi connectivity index (χ0n) is 9.96. The Morgan fingerprint density at radius 3 is 2.88 bits per heavy atom. The number of carbonyl (C=O) groups excluding carboxylic acids is 1. The molecule has 0 spiro atoms. The number of aromatic nitrogens is 2. The van der Waals surface area contributed by atoms with Gasteiger partial charge >= 0.3 is 0 Å². The normalized spacial score (nSPS) is 20.2. The number of rotatable bonds is 6. The van der Waals surface area contributed by atoms with Gasteiger partial charge in [0, 0.05) is 51.0 Å². The molecule has 2 heterocycles. The summed E-state index contributed by atoms with van der Waals surface area (Å²) in [4.78, 5) is 17.4. The van der Waals surface area contributed by atoms with Gasteiger partial charge in [0.15, 0.2) is 0 Å². The number of aryl methyl sites for hydroxylation is 1. The lowest BCUT2D eigenvalue weighted by Gasteiger charge is -2.16. The summed E-state index contributed by atoms with van der Waals surface area (Å²) in [5.41, 5.74) is 0. The molecule has 94 valence electrons. The summed E-state index contributed by atoms with van der Waals surface area (Å²) in [6.07, 6.45) is 8.09. The van der Waals surface area contributed by atoms with Crippen LogP contribution >= 0.6 is 0 Å². The highest BCUT2D eigenvalue weighted by Gasteiger charge is 2.28. The summed E-state index contributed by atoms with van der Waals surface area (Å²) in [6.45, 7) is 2.60. The van der Waals surface area contributed by atoms with Gasteiger partial charge in [-0.05, 0) is 12.8 Å². The molecule has 1 aliphatic heterocycles. The molecule has 0 saturated carbocycles. The summed E-state index contributed by atoms with van der Waals surface area (Å²) < 4.78 is 2.04. The van der Waals surface area contributed by atoms with Crippen LogP contribution in [0.2, 0.25) is 0 Å². The third kappa shape index (κ3) is 3.30. The third-order valence-electron chi connectivity index (χ3n) is 3.21. The van der Waals surface area contributed by atoms with E-state index < -0.39 is 0 Å². The van der Waals surface area contributed by atoms with Crippen molar-refractivity contribution in [3.63, 3.8) is 0 Å². The molecule has 5 nitrogen and oxygen atoms in total. The number of carbonyl (C=O) groups is 1. The van der Waals surface area contributed by atoms with Gasteiger partial charge in [0.25, 0.3) is 0 Å². The van der Waals surface area contributed by atoms with Crippen molar-refractivity contribution in [3.05, 3.63) is 18.7 Å². The Morgan fingerprint density at radius 2 is 2.24 bits per heavy atom. The van der Waals surface area contributed by atoms with Gasteiger partial charge in [0.05, 0.1) is 6.33 Å². The Hall–Kier alpha value is -1.36. The van der Waals surface area contributed by atoms with E-state index >= 15 is 0 Å². The van der Waals surface area contributed by atoms with Gasteiger partial charge in [-0.25, -0.2) is 4.98 Å². The topological polar surface area (TPSA) is 58.4 Å². The molecular weight excluding hydrogens is 218 g/mol. The number of imidazole rings is 1. The quantitative estimate of drug-likeness (QED) is 0.733. The first-order valence-corrected chi connectivity index (χ1v) is 6.14. The van der Waals surface area contributed by atoms with Gasteiger partial charge in [-0.3, -0.25) is 4.79 Å². The molecule has 1 aromatic heterocycles. The van der Waals surface area contributed by atoms with Crippen LogP contribution in [0.15, 0.2) is 18.7 Å². The summed E-state index contributed by atoms with van der Waals surface area (Å²) >= 11 is 0. The Balaban J connectivity index is 1.64. The third-order valence-corrected chi connectivity index (χ3v) is 3.21. The fourth-order valence-corrected chi connectivity index (χ4v) is 2.21. The number of aliphatic hydroxyl groups excluding tert-OH is 1. The number of nitrogens with zero attached hydrogens (tertiary/aromatic N) is 3. The molecular formula is C12H19N3O2. The van der Waals surface area contributed by atoms with Crippen LogP contribution < -0.4 is 0 Å². The molecule has 2 rings (SSSR count). The van der Waals surface area contributed by atoms with E-state index in [9.17, 15) is 4.79 Å². The lowest BCUT2D eigenvalue weighted by Crippen LogP contribution is -2.26. The smallest absolute Gasteiger partial charge is 0.223 e. The first kappa shape index (κ1) is 12.1. The standard InChI is InChI=1S/C12H19N3O2/c16-9-11-7-12(17)15(8-11)5-2-1-4-14-6-3-13-10-14/h3,6,10-11,16H,1-2,4-5,7-9H2. The molecule has 1 amide bonds. The predicted octanol–water partition coefficient (Wildman–Crippen LogP) is 0.504. The van der Waals surface area contributed by atoms with Crippen LogP contribution in [0.4, 0.5) is 0 Å². The highest BCUT2D eigenvalue weighted by atomic mass is 16.3. The van der Waals surface area contributed by atoms with Gasteiger partial charge in [-0.2, -0.15) is 0 Å². The van der Waals surface area contributed by atoms with E-state index in [1.54, 1.807) is 6.20 Å². The molecule has 0 bridgehead atoms. The van der Waals surface area contributed by atoms with Crippen LogP contribution in [0.1, 0.15) is 19.3 Å². The lowest BCUT2D eigenvalue weighted by atomic mass is 10.1. The van der Waals surface area contributed by atoms with Crippen LogP contribution in [0, 0.1) is 5.92 Å². The molecule has 1 aromatic rings. The van der Waals surface area contributed by atoms with Crippen LogP contribution in [0.5, 0.6) is 0 Å². The highest BCUT2D eigenvalue weighted by Crippen LogP contribution is 2.17. The molecule has 5 heteroatoms. The summed E-state index contributed by atoms with van der Waals surface area (Å²) in [7, 11) is 0. The first-order valence-electron chi connectivity index (χ1n) is 6.14. The van der Waals surface area contributed by atoms with Crippen LogP contribution in [0.3, 0.4) is 0 Å². The maximum absolute atomic E-state index is 11.6. The van der Waals surface area contributed by atoms with Gasteiger partial charge < -0.3 is 14.6 Å². The zero-order chi connectivity index (χ0) is 12.1. The van der Waals surface area contributed by atoms with E-state index in [1.165, 1.54) is 0 Å². The number of unbranched alkanes of at least 4 members (excludes halogenated alkanes) is 1. The van der Waals surface area contributed by atoms with E-state index in [2.05, 4.69) is 4.98 Å². The van der Waals surface area contributed by atoms with Crippen molar-refractivity contribution in [2.24, 2.45) is 5.92 Å². The van der Waals surface area contributed by atoms with Crippen LogP contribution in [0.25, 0.3) is 0 Å². The van der Waals surface area contributed by atoms with Crippen LogP contribution in [-0.4, -0.2) is 45.2 Å². The second kappa shape index (κ2) is 5.82. The van der Waals surface area contributed by atoms with E-state index in [1.807, 2.05) is 22.0 Å². The minimum Gasteiger partial charge on any atom is -0.396 e. The van der Waals surface area contributed by atoms with Crippen molar-refractivity contribution >= 4 is 5.91 Å². The minimum atomic E-state index is 0.122. The Labute approximate surface area is 101 Å². The minimum absolute atomic E-state index is 0.122. The Kier molecular flexibility index (Phi) is 4.14. The molecule has 1 fully saturated rings. The molecule has 1 atom stereocenters. The SMILES string of the molecule is O=C1CC(CO)CN1CCCCn1ccnc1. The predicted molar refractivity (Wildman–Crippen MR) is 63.2 cm³/mol. The molecule has 1 saturated heterocycles. The first-order chi connectivity index (χ1) is 8.29. The monoisotopic (exact) mass is 237 g/mol. The van der Waals surface area contributed by atoms with E-state index in [0.29, 0.717) is 6.42 Å². The number of likely N-dealkylation sites (tertiary alicyclic amines) is 1. The molecule has 1 unspecified atom stereocenters. The van der Waals surface area contributed by atoms with Crippen molar-refractivity contribution in [1.82, 2.24) is 14.5 Å². The molecule has 1 N–H and O–H groups in total. The maximum atomic E-state index is 11.6. The largest absolute Gasteiger partial charge is 0.396 e. The number of amides is 1. The molecule has 1 aliphatic rings. The molecule has 0 aromatic carbocycles. The van der Waals surface area contributed by atoms with E-state index in [4.69, 9.17) is 5.11 Å². The molecule has 0 radical (unpaired) electrons.